The van der Waals surface area contributed by atoms with Gasteiger partial charge in [0.05, 0.1) is 23.6 Å². The summed E-state index contributed by atoms with van der Waals surface area (Å²) in [5.41, 5.74) is -8.58. The van der Waals surface area contributed by atoms with Gasteiger partial charge in [0, 0.05) is 12.1 Å². The molecule has 1 aliphatic rings. The Bertz CT molecular complexity index is 862. The molecule has 4 nitrogen and oxygen atoms in total. The second kappa shape index (κ2) is 7.16. The normalized spacial score (nSPS) is 16.2. The molecule has 0 saturated carbocycles. The Balaban J connectivity index is 2.72. The monoisotopic (exact) mass is 432 g/mol. The van der Waals surface area contributed by atoms with Crippen molar-refractivity contribution in [2.24, 2.45) is 0 Å². The van der Waals surface area contributed by atoms with E-state index >= 15 is 0 Å². The molecule has 1 amide bonds. The fourth-order valence-electron chi connectivity index (χ4n) is 2.44. The summed E-state index contributed by atoms with van der Waals surface area (Å²) in [6, 6.07) is 2.29. The van der Waals surface area contributed by atoms with Crippen molar-refractivity contribution in [3.63, 3.8) is 0 Å². The number of amides is 1. The van der Waals surface area contributed by atoms with Crippen LogP contribution in [0, 0.1) is 11.3 Å². The van der Waals surface area contributed by atoms with Crippen LogP contribution in [0.5, 0.6) is 5.75 Å². The van der Waals surface area contributed by atoms with Crippen molar-refractivity contribution >= 4 is 11.5 Å². The summed E-state index contributed by atoms with van der Waals surface area (Å²) in [4.78, 5) is 12.2. The predicted octanol–water partition coefficient (Wildman–Crippen LogP) is 4.37. The Labute approximate surface area is 156 Å². The molecular weight excluding hydrogens is 423 g/mol. The van der Waals surface area contributed by atoms with Crippen LogP contribution in [0.15, 0.2) is 24.3 Å². The van der Waals surface area contributed by atoms with Crippen molar-refractivity contribution in [1.82, 2.24) is 5.32 Å². The zero-order valence-electron chi connectivity index (χ0n) is 13.9. The number of hydrogen-bond acceptors (Lipinski definition) is 3. The molecule has 0 fully saturated rings. The highest BCUT2D eigenvalue weighted by atomic mass is 19.4. The number of nitriles is 1. The molecule has 2 rings (SSSR count). The summed E-state index contributed by atoms with van der Waals surface area (Å²) in [6.07, 6.45) is -18.1. The third-order valence-electron chi connectivity index (χ3n) is 3.82. The van der Waals surface area contributed by atoms with Crippen LogP contribution >= 0.6 is 0 Å². The van der Waals surface area contributed by atoms with Crippen LogP contribution in [0.4, 0.5) is 39.5 Å². The van der Waals surface area contributed by atoms with Crippen LogP contribution in [0.25, 0.3) is 5.57 Å². The zero-order chi connectivity index (χ0) is 22.3. The topological polar surface area (TPSA) is 62.1 Å². The largest absolute Gasteiger partial charge is 0.464 e. The number of halogens is 9. The molecule has 29 heavy (non-hydrogen) atoms. The molecule has 0 unspecified atom stereocenters. The first-order valence-electron chi connectivity index (χ1n) is 7.56. The summed E-state index contributed by atoms with van der Waals surface area (Å²) in [7, 11) is 0. The van der Waals surface area contributed by atoms with Crippen LogP contribution in [0.2, 0.25) is 0 Å². The van der Waals surface area contributed by atoms with Gasteiger partial charge in [0.2, 0.25) is 0 Å². The number of alkyl halides is 9. The van der Waals surface area contributed by atoms with Gasteiger partial charge in [-0.15, -0.1) is 0 Å². The van der Waals surface area contributed by atoms with E-state index in [4.69, 9.17) is 5.26 Å². The van der Waals surface area contributed by atoms with Gasteiger partial charge in [0.1, 0.15) is 5.75 Å². The molecule has 0 bridgehead atoms. The van der Waals surface area contributed by atoms with Crippen molar-refractivity contribution < 1.29 is 49.0 Å². The van der Waals surface area contributed by atoms with E-state index in [1.807, 2.05) is 5.32 Å². The predicted molar refractivity (Wildman–Crippen MR) is 78.1 cm³/mol. The van der Waals surface area contributed by atoms with Gasteiger partial charge in [-0.05, 0) is 24.3 Å². The Morgan fingerprint density at radius 3 is 2.14 bits per heavy atom. The summed E-state index contributed by atoms with van der Waals surface area (Å²) in [5, 5.41) is 10.3. The van der Waals surface area contributed by atoms with Gasteiger partial charge in [-0.2, -0.15) is 44.8 Å². The molecule has 0 aromatic heterocycles. The van der Waals surface area contributed by atoms with E-state index in [0.29, 0.717) is 0 Å². The van der Waals surface area contributed by atoms with Crippen LogP contribution in [0.3, 0.4) is 0 Å². The number of carbonyl (C=O) groups is 1. The minimum atomic E-state index is -6.09. The minimum absolute atomic E-state index is 0.210. The van der Waals surface area contributed by atoms with Crippen molar-refractivity contribution in [3.8, 4) is 11.8 Å². The minimum Gasteiger partial charge on any atom is -0.464 e. The fraction of sp³-hybridized carbons (Fsp3) is 0.375. The summed E-state index contributed by atoms with van der Waals surface area (Å²) in [6.45, 7) is -0.452. The number of ether oxygens (including phenoxy) is 1. The lowest BCUT2D eigenvalue weighted by atomic mass is 9.89. The Morgan fingerprint density at radius 1 is 1.07 bits per heavy atom. The fourth-order valence-corrected chi connectivity index (χ4v) is 2.44. The van der Waals surface area contributed by atoms with Crippen molar-refractivity contribution in [1.29, 1.82) is 5.26 Å². The van der Waals surface area contributed by atoms with E-state index in [9.17, 15) is 44.3 Å². The van der Waals surface area contributed by atoms with Gasteiger partial charge < -0.3 is 10.1 Å². The number of carbonyl (C=O) groups excluding carboxylic acids is 1. The van der Waals surface area contributed by atoms with Gasteiger partial charge in [-0.25, -0.2) is 0 Å². The second-order valence-electron chi connectivity index (χ2n) is 5.76. The smallest absolute Gasteiger partial charge is 0.441 e. The summed E-state index contributed by atoms with van der Waals surface area (Å²) in [5.74, 6) is -2.73. The third kappa shape index (κ3) is 4.10. The number of nitrogens with one attached hydrogen (secondary N) is 1. The van der Waals surface area contributed by atoms with Gasteiger partial charge in [-0.3, -0.25) is 4.79 Å². The second-order valence-corrected chi connectivity index (χ2v) is 5.76. The molecule has 13 heteroatoms. The van der Waals surface area contributed by atoms with E-state index in [1.54, 1.807) is 6.07 Å². The molecule has 158 valence electrons. The molecule has 0 aliphatic carbocycles. The zero-order valence-corrected chi connectivity index (χ0v) is 13.9. The maximum atomic E-state index is 13.4. The lowest BCUT2D eigenvalue weighted by molar-refractivity contribution is -0.338. The van der Waals surface area contributed by atoms with Crippen molar-refractivity contribution in [2.75, 3.05) is 6.54 Å². The van der Waals surface area contributed by atoms with E-state index in [2.05, 4.69) is 4.74 Å². The average Bonchev–Trinajstić information content (AvgIpc) is 2.57. The molecule has 1 N–H and O–H groups in total. The standard InChI is InChI=1S/C16H9F9N2O2/c17-14(18,19)8-2-3-11-9(6-8)10(12(28)27-5-1-4-26)7-13(29-11,15(20,21)22)16(23,24)25/h2-3,6-7H,1,5H2,(H,27,28). The van der Waals surface area contributed by atoms with Gasteiger partial charge in [-0.1, -0.05) is 0 Å². The highest BCUT2D eigenvalue weighted by Gasteiger charge is 2.73. The van der Waals surface area contributed by atoms with E-state index in [0.717, 1.165) is 0 Å². The molecule has 1 aromatic rings. The third-order valence-corrected chi connectivity index (χ3v) is 3.82. The molecular formula is C16H9F9N2O2. The molecule has 0 atom stereocenters. The summed E-state index contributed by atoms with van der Waals surface area (Å²) < 4.78 is 123. The van der Waals surface area contributed by atoms with Crippen LogP contribution < -0.4 is 10.1 Å². The maximum absolute atomic E-state index is 13.4. The molecule has 1 heterocycles. The summed E-state index contributed by atoms with van der Waals surface area (Å²) >= 11 is 0. The van der Waals surface area contributed by atoms with Crippen LogP contribution in [-0.4, -0.2) is 30.4 Å². The highest BCUT2D eigenvalue weighted by molar-refractivity contribution is 6.21. The Morgan fingerprint density at radius 2 is 1.66 bits per heavy atom. The van der Waals surface area contributed by atoms with Gasteiger partial charge in [0.25, 0.3) is 5.91 Å². The van der Waals surface area contributed by atoms with Gasteiger partial charge >= 0.3 is 24.1 Å². The van der Waals surface area contributed by atoms with Crippen LogP contribution in [0.1, 0.15) is 17.5 Å². The van der Waals surface area contributed by atoms with Gasteiger partial charge in [0.15, 0.2) is 0 Å². The average molecular weight is 432 g/mol. The lowest BCUT2D eigenvalue weighted by Crippen LogP contribution is -2.61. The quantitative estimate of drug-likeness (QED) is 0.570. The lowest BCUT2D eigenvalue weighted by Gasteiger charge is -2.38. The Kier molecular flexibility index (Phi) is 5.53. The number of nitrogens with zero attached hydrogens (tertiary/aromatic N) is 1. The van der Waals surface area contributed by atoms with E-state index in [-0.39, 0.29) is 24.6 Å². The van der Waals surface area contributed by atoms with Crippen LogP contribution in [-0.2, 0) is 11.0 Å². The van der Waals surface area contributed by atoms with E-state index in [1.165, 1.54) is 0 Å². The molecule has 1 aromatic carbocycles. The van der Waals surface area contributed by atoms with Crippen molar-refractivity contribution in [2.45, 2.75) is 30.6 Å². The number of fused-ring (bicyclic) bond motifs is 1. The molecule has 0 saturated heterocycles. The first-order chi connectivity index (χ1) is 13.1. The maximum Gasteiger partial charge on any atom is 0.441 e. The molecule has 0 spiro atoms. The SMILES string of the molecule is N#CCCNC(=O)C1=CC(C(F)(F)F)(C(F)(F)F)Oc2ccc(C(F)(F)F)cc21. The first-order valence-corrected chi connectivity index (χ1v) is 7.56. The number of hydrogen-bond donors (Lipinski definition) is 1. The van der Waals surface area contributed by atoms with E-state index < -0.39 is 65.1 Å². The highest BCUT2D eigenvalue weighted by Crippen LogP contribution is 2.52. The Hall–Kier alpha value is -2.91. The molecule has 1 aliphatic heterocycles. The first kappa shape index (κ1) is 22.4. The van der Waals surface area contributed by atoms with Crippen molar-refractivity contribution in [3.05, 3.63) is 35.4 Å². The molecule has 0 radical (unpaired) electrons. The number of rotatable bonds is 3. The number of benzene rings is 1.